The van der Waals surface area contributed by atoms with Gasteiger partial charge in [0.2, 0.25) is 0 Å². The fourth-order valence-electron chi connectivity index (χ4n) is 1.79. The van der Waals surface area contributed by atoms with E-state index in [2.05, 4.69) is 9.72 Å². The summed E-state index contributed by atoms with van der Waals surface area (Å²) in [6.07, 6.45) is 4.12. The van der Waals surface area contributed by atoms with E-state index >= 15 is 0 Å². The molecule has 1 aliphatic carbocycles. The quantitative estimate of drug-likeness (QED) is 0.741. The number of hydrogen-bond donors (Lipinski definition) is 0. The highest BCUT2D eigenvalue weighted by molar-refractivity contribution is 7.84. The summed E-state index contributed by atoms with van der Waals surface area (Å²) in [7, 11) is 0.483. The summed E-state index contributed by atoms with van der Waals surface area (Å²) in [5.41, 5.74) is 1.69. The van der Waals surface area contributed by atoms with Gasteiger partial charge in [-0.05, 0) is 18.3 Å². The van der Waals surface area contributed by atoms with Gasteiger partial charge in [-0.25, -0.2) is 0 Å². The lowest BCUT2D eigenvalue weighted by Crippen LogP contribution is -2.18. The summed E-state index contributed by atoms with van der Waals surface area (Å²) in [6, 6.07) is 0. The van der Waals surface area contributed by atoms with Crippen LogP contribution in [0.3, 0.4) is 0 Å². The molecule has 2 rings (SSSR count). The summed E-state index contributed by atoms with van der Waals surface area (Å²) in [4.78, 5) is 16.2. The molecule has 1 aromatic rings. The van der Waals surface area contributed by atoms with E-state index in [0.717, 1.165) is 17.7 Å². The molecule has 0 saturated heterocycles. The van der Waals surface area contributed by atoms with Crippen LogP contribution >= 0.6 is 11.3 Å². The average Bonchev–Trinajstić information content (AvgIpc) is 2.83. The highest BCUT2D eigenvalue weighted by atomic mass is 32.2. The molecule has 0 aromatic carbocycles. The molecule has 1 heterocycles. The summed E-state index contributed by atoms with van der Waals surface area (Å²) in [5.74, 6) is 0.949. The van der Waals surface area contributed by atoms with Gasteiger partial charge in [0.25, 0.3) is 0 Å². The highest BCUT2D eigenvalue weighted by Gasteiger charge is 2.45. The Hall–Kier alpha value is -0.750. The molecule has 1 aromatic heterocycles. The molecule has 0 spiro atoms. The van der Waals surface area contributed by atoms with E-state index in [0.29, 0.717) is 17.9 Å². The van der Waals surface area contributed by atoms with Crippen molar-refractivity contribution in [2.24, 2.45) is 5.41 Å². The Labute approximate surface area is 107 Å². The van der Waals surface area contributed by atoms with E-state index in [1.807, 2.05) is 0 Å². The monoisotopic (exact) mass is 273 g/mol. The normalized spacial score (nSPS) is 18.6. The van der Waals surface area contributed by atoms with Crippen molar-refractivity contribution in [1.82, 2.24) is 4.98 Å². The standard InChI is InChI=1S/C11H15NO3S2/c1-15-10(13)4-11(2-3-11)7-17(14)6-9-5-12-8-16-9/h5,8H,2-4,6-7H2,1H3. The molecular formula is C11H15NO3S2. The number of carbonyl (C=O) groups excluding carboxylic acids is 1. The highest BCUT2D eigenvalue weighted by Crippen LogP contribution is 2.49. The van der Waals surface area contributed by atoms with Gasteiger partial charge < -0.3 is 4.74 Å². The number of carbonyl (C=O) groups is 1. The van der Waals surface area contributed by atoms with Gasteiger partial charge in [0.1, 0.15) is 0 Å². The fraction of sp³-hybridized carbons (Fsp3) is 0.636. The third-order valence-electron chi connectivity index (χ3n) is 2.96. The lowest BCUT2D eigenvalue weighted by molar-refractivity contribution is -0.141. The number of thiazole rings is 1. The minimum atomic E-state index is -0.912. The molecule has 0 radical (unpaired) electrons. The van der Waals surface area contributed by atoms with E-state index in [4.69, 9.17) is 0 Å². The number of ether oxygens (including phenoxy) is 1. The molecule has 0 aliphatic heterocycles. The molecule has 0 N–H and O–H groups in total. The zero-order valence-corrected chi connectivity index (χ0v) is 11.3. The first kappa shape index (κ1) is 12.7. The minimum absolute atomic E-state index is 0.0529. The number of aromatic nitrogens is 1. The third-order valence-corrected chi connectivity index (χ3v) is 5.49. The second-order valence-electron chi connectivity index (χ2n) is 4.45. The van der Waals surface area contributed by atoms with Crippen molar-refractivity contribution in [3.63, 3.8) is 0 Å². The molecule has 1 atom stereocenters. The van der Waals surface area contributed by atoms with Crippen LogP contribution in [0.4, 0.5) is 0 Å². The zero-order valence-electron chi connectivity index (χ0n) is 9.68. The van der Waals surface area contributed by atoms with Crippen molar-refractivity contribution >= 4 is 28.1 Å². The SMILES string of the molecule is COC(=O)CC1(CS(=O)Cc2cncs2)CC1. The van der Waals surface area contributed by atoms with Gasteiger partial charge in [0.05, 0.1) is 24.8 Å². The van der Waals surface area contributed by atoms with Crippen LogP contribution in [0.1, 0.15) is 24.1 Å². The smallest absolute Gasteiger partial charge is 0.306 e. The molecule has 1 aliphatic rings. The van der Waals surface area contributed by atoms with E-state index in [-0.39, 0.29) is 11.4 Å². The largest absolute Gasteiger partial charge is 0.469 e. The zero-order chi connectivity index (χ0) is 12.3. The Kier molecular flexibility index (Phi) is 3.93. The number of hydrogen-bond acceptors (Lipinski definition) is 5. The molecule has 94 valence electrons. The van der Waals surface area contributed by atoms with Crippen LogP contribution in [0.15, 0.2) is 11.7 Å². The maximum absolute atomic E-state index is 12.0. The van der Waals surface area contributed by atoms with Crippen LogP contribution in [-0.4, -0.2) is 28.0 Å². The Bertz CT molecular complexity index is 412. The first-order valence-corrected chi connectivity index (χ1v) is 7.79. The van der Waals surface area contributed by atoms with Gasteiger partial charge in [-0.15, -0.1) is 11.3 Å². The van der Waals surface area contributed by atoms with Crippen LogP contribution in [-0.2, 0) is 26.1 Å². The third kappa shape index (κ3) is 3.61. The van der Waals surface area contributed by atoms with Crippen LogP contribution < -0.4 is 0 Å². The lowest BCUT2D eigenvalue weighted by Gasteiger charge is -2.12. The molecule has 1 fully saturated rings. The minimum Gasteiger partial charge on any atom is -0.469 e. The number of nitrogens with zero attached hydrogens (tertiary/aromatic N) is 1. The fourth-order valence-corrected chi connectivity index (χ4v) is 4.40. The van der Waals surface area contributed by atoms with Gasteiger partial charge >= 0.3 is 5.97 Å². The van der Waals surface area contributed by atoms with Crippen molar-refractivity contribution < 1.29 is 13.7 Å². The van der Waals surface area contributed by atoms with Gasteiger partial charge in [0.15, 0.2) is 0 Å². The number of methoxy groups -OCH3 is 1. The van der Waals surface area contributed by atoms with Crippen molar-refractivity contribution in [1.29, 1.82) is 0 Å². The molecule has 0 amide bonds. The topological polar surface area (TPSA) is 56.3 Å². The van der Waals surface area contributed by atoms with Crippen LogP contribution in [0.5, 0.6) is 0 Å². The van der Waals surface area contributed by atoms with E-state index in [1.54, 1.807) is 11.7 Å². The Morgan fingerprint density at radius 3 is 2.94 bits per heavy atom. The van der Waals surface area contributed by atoms with Crippen molar-refractivity contribution in [3.8, 4) is 0 Å². The van der Waals surface area contributed by atoms with E-state index < -0.39 is 10.8 Å². The van der Waals surface area contributed by atoms with Crippen molar-refractivity contribution in [3.05, 3.63) is 16.6 Å². The van der Waals surface area contributed by atoms with E-state index in [1.165, 1.54) is 18.4 Å². The predicted octanol–water partition coefficient (Wildman–Crippen LogP) is 1.74. The summed E-state index contributed by atoms with van der Waals surface area (Å²) < 4.78 is 16.6. The van der Waals surface area contributed by atoms with Crippen molar-refractivity contribution in [2.45, 2.75) is 25.0 Å². The molecule has 0 bridgehead atoms. The maximum atomic E-state index is 12.0. The van der Waals surface area contributed by atoms with E-state index in [9.17, 15) is 9.00 Å². The molecule has 6 heteroatoms. The second kappa shape index (κ2) is 5.27. The first-order chi connectivity index (χ1) is 8.13. The molecule has 17 heavy (non-hydrogen) atoms. The van der Waals surface area contributed by atoms with Gasteiger partial charge in [-0.3, -0.25) is 14.0 Å². The molecule has 1 unspecified atom stereocenters. The van der Waals surface area contributed by atoms with Gasteiger partial charge in [0, 0.05) is 27.6 Å². The predicted molar refractivity (Wildman–Crippen MR) is 67.1 cm³/mol. The van der Waals surface area contributed by atoms with Gasteiger partial charge in [-0.1, -0.05) is 0 Å². The summed E-state index contributed by atoms with van der Waals surface area (Å²) in [6.45, 7) is 0. The summed E-state index contributed by atoms with van der Waals surface area (Å²) >= 11 is 1.52. The molecule has 4 nitrogen and oxygen atoms in total. The van der Waals surface area contributed by atoms with Crippen LogP contribution in [0, 0.1) is 5.41 Å². The number of rotatable bonds is 6. The Balaban J connectivity index is 1.84. The first-order valence-electron chi connectivity index (χ1n) is 5.43. The maximum Gasteiger partial charge on any atom is 0.306 e. The molecular weight excluding hydrogens is 258 g/mol. The summed E-state index contributed by atoms with van der Waals surface area (Å²) in [5, 5.41) is 0. The lowest BCUT2D eigenvalue weighted by atomic mass is 10.1. The average molecular weight is 273 g/mol. The van der Waals surface area contributed by atoms with Crippen LogP contribution in [0.25, 0.3) is 0 Å². The number of esters is 1. The Morgan fingerprint density at radius 1 is 1.65 bits per heavy atom. The van der Waals surface area contributed by atoms with Crippen molar-refractivity contribution in [2.75, 3.05) is 12.9 Å². The van der Waals surface area contributed by atoms with Crippen LogP contribution in [0.2, 0.25) is 0 Å². The Morgan fingerprint density at radius 2 is 2.41 bits per heavy atom. The van der Waals surface area contributed by atoms with Gasteiger partial charge in [-0.2, -0.15) is 0 Å². The molecule has 1 saturated carbocycles. The second-order valence-corrected chi connectivity index (χ2v) is 6.88.